The van der Waals surface area contributed by atoms with Crippen LogP contribution in [-0.2, 0) is 16.9 Å². The number of nitriles is 1. The number of nitrogens with zero attached hydrogens (tertiary/aromatic N) is 5. The Morgan fingerprint density at radius 3 is 3.00 bits per heavy atom. The van der Waals surface area contributed by atoms with Crippen molar-refractivity contribution in [2.45, 2.75) is 18.5 Å². The second-order valence-electron chi connectivity index (χ2n) is 4.78. The predicted octanol–water partition coefficient (Wildman–Crippen LogP) is 0.732. The van der Waals surface area contributed by atoms with Gasteiger partial charge in [-0.2, -0.15) is 5.26 Å². The van der Waals surface area contributed by atoms with Gasteiger partial charge in [0.2, 0.25) is 5.91 Å². The Morgan fingerprint density at radius 2 is 2.21 bits per heavy atom. The van der Waals surface area contributed by atoms with Gasteiger partial charge in [-0.25, -0.2) is 4.68 Å². The fourth-order valence-electron chi connectivity index (χ4n) is 2.89. The van der Waals surface area contributed by atoms with Gasteiger partial charge in [0.15, 0.2) is 5.54 Å². The lowest BCUT2D eigenvalue weighted by molar-refractivity contribution is -0.153. The zero-order chi connectivity index (χ0) is 13.0. The quantitative estimate of drug-likeness (QED) is 0.647. The molecule has 1 amide bonds. The fraction of sp³-hybridized carbons (Fsp3) is 0.231. The second kappa shape index (κ2) is 3.20. The van der Waals surface area contributed by atoms with E-state index in [1.165, 1.54) is 0 Å². The Morgan fingerprint density at radius 1 is 1.37 bits per heavy atom. The first-order valence-corrected chi connectivity index (χ1v) is 5.97. The molecule has 1 aromatic carbocycles. The number of carbonyl (C=O) groups is 1. The van der Waals surface area contributed by atoms with Crippen molar-refractivity contribution in [1.82, 2.24) is 19.9 Å². The molecule has 2 aliphatic heterocycles. The van der Waals surface area contributed by atoms with Crippen LogP contribution in [0.25, 0.3) is 5.69 Å². The summed E-state index contributed by atoms with van der Waals surface area (Å²) < 4.78 is 1.71. The highest BCUT2D eigenvalue weighted by molar-refractivity contribution is 5.88. The van der Waals surface area contributed by atoms with Crippen molar-refractivity contribution < 1.29 is 4.79 Å². The molecule has 0 aliphatic carbocycles. The molecule has 2 aliphatic rings. The molecule has 19 heavy (non-hydrogen) atoms. The smallest absolute Gasteiger partial charge is 0.228 e. The van der Waals surface area contributed by atoms with Crippen LogP contribution in [0.5, 0.6) is 0 Å². The minimum atomic E-state index is -0.853. The van der Waals surface area contributed by atoms with E-state index < -0.39 is 5.54 Å². The van der Waals surface area contributed by atoms with E-state index in [1.54, 1.807) is 15.8 Å². The van der Waals surface area contributed by atoms with E-state index in [9.17, 15) is 10.1 Å². The van der Waals surface area contributed by atoms with Crippen molar-refractivity contribution >= 4 is 5.91 Å². The highest BCUT2D eigenvalue weighted by Crippen LogP contribution is 2.46. The van der Waals surface area contributed by atoms with E-state index in [4.69, 9.17) is 0 Å². The zero-order valence-corrected chi connectivity index (χ0v) is 9.95. The Hall–Kier alpha value is -2.68. The molecule has 1 fully saturated rings. The third-order valence-electron chi connectivity index (χ3n) is 3.87. The summed E-state index contributed by atoms with van der Waals surface area (Å²) >= 11 is 0. The van der Waals surface area contributed by atoms with E-state index in [-0.39, 0.29) is 12.3 Å². The number of hydrogen-bond donors (Lipinski definition) is 0. The maximum absolute atomic E-state index is 11.8. The van der Waals surface area contributed by atoms with Crippen LogP contribution in [0.15, 0.2) is 30.5 Å². The van der Waals surface area contributed by atoms with Gasteiger partial charge in [-0.15, -0.1) is 5.10 Å². The van der Waals surface area contributed by atoms with Crippen LogP contribution in [0.2, 0.25) is 0 Å². The molecular formula is C13H9N5O. The first-order chi connectivity index (χ1) is 9.26. The summed E-state index contributed by atoms with van der Waals surface area (Å²) in [6.45, 7) is 0.369. The Kier molecular flexibility index (Phi) is 1.73. The minimum Gasteiger partial charge on any atom is -0.313 e. The van der Waals surface area contributed by atoms with Crippen molar-refractivity contribution in [2.75, 3.05) is 0 Å². The van der Waals surface area contributed by atoms with Gasteiger partial charge >= 0.3 is 0 Å². The summed E-state index contributed by atoms with van der Waals surface area (Å²) in [5.41, 5.74) is 1.61. The molecule has 1 unspecified atom stereocenters. The maximum atomic E-state index is 11.8. The summed E-state index contributed by atoms with van der Waals surface area (Å²) in [6.07, 6.45) is 1.87. The molecule has 0 saturated carbocycles. The molecule has 0 radical (unpaired) electrons. The van der Waals surface area contributed by atoms with Gasteiger partial charge in [-0.1, -0.05) is 23.4 Å². The topological polar surface area (TPSA) is 74.8 Å². The molecule has 6 nitrogen and oxygen atoms in total. The molecule has 1 atom stereocenters. The lowest BCUT2D eigenvalue weighted by Gasteiger charge is -2.46. The molecule has 2 aromatic rings. The molecule has 1 saturated heterocycles. The summed E-state index contributed by atoms with van der Waals surface area (Å²) in [7, 11) is 0. The number of rotatable bonds is 0. The SMILES string of the molecule is N#CC12CC(=O)N1Cc1cnnn1-c1ccccc12. The molecule has 4 rings (SSSR count). The molecule has 6 heteroatoms. The number of amides is 1. The summed E-state index contributed by atoms with van der Waals surface area (Å²) in [6, 6.07) is 9.87. The average Bonchev–Trinajstić information content (AvgIpc) is 2.87. The van der Waals surface area contributed by atoms with Gasteiger partial charge in [0.1, 0.15) is 0 Å². The maximum Gasteiger partial charge on any atom is 0.228 e. The third-order valence-corrected chi connectivity index (χ3v) is 3.87. The largest absolute Gasteiger partial charge is 0.313 e. The number of β-lactam (4-membered cyclic amide) rings is 1. The van der Waals surface area contributed by atoms with E-state index in [1.807, 2.05) is 24.3 Å². The number of carbonyl (C=O) groups excluding carboxylic acids is 1. The van der Waals surface area contributed by atoms with Crippen molar-refractivity contribution in [1.29, 1.82) is 5.26 Å². The number of aromatic nitrogens is 3. The van der Waals surface area contributed by atoms with Gasteiger partial charge in [0, 0.05) is 5.56 Å². The van der Waals surface area contributed by atoms with Crippen LogP contribution in [0.4, 0.5) is 0 Å². The standard InChI is InChI=1S/C13H9N5O/c14-8-13-5-12(19)17(13)7-9-6-15-16-18(9)11-4-2-1-3-10(11)13/h1-4,6H,5,7H2. The van der Waals surface area contributed by atoms with Crippen LogP contribution in [0, 0.1) is 11.3 Å². The average molecular weight is 251 g/mol. The Labute approximate surface area is 108 Å². The minimum absolute atomic E-state index is 0.00833. The van der Waals surface area contributed by atoms with Crippen molar-refractivity contribution in [3.63, 3.8) is 0 Å². The predicted molar refractivity (Wildman–Crippen MR) is 63.8 cm³/mol. The van der Waals surface area contributed by atoms with Crippen LogP contribution in [0.1, 0.15) is 17.7 Å². The van der Waals surface area contributed by atoms with E-state index >= 15 is 0 Å². The van der Waals surface area contributed by atoms with E-state index in [0.717, 1.165) is 16.9 Å². The van der Waals surface area contributed by atoms with Crippen LogP contribution in [-0.4, -0.2) is 25.8 Å². The van der Waals surface area contributed by atoms with Crippen molar-refractivity contribution in [3.8, 4) is 11.8 Å². The van der Waals surface area contributed by atoms with Crippen LogP contribution in [0.3, 0.4) is 0 Å². The molecule has 0 N–H and O–H groups in total. The van der Waals surface area contributed by atoms with Crippen LogP contribution >= 0.6 is 0 Å². The number of para-hydroxylation sites is 1. The summed E-state index contributed by atoms with van der Waals surface area (Å²) in [5.74, 6) is -0.00833. The summed E-state index contributed by atoms with van der Waals surface area (Å²) in [5, 5.41) is 17.5. The van der Waals surface area contributed by atoms with Gasteiger partial charge < -0.3 is 4.90 Å². The molecular weight excluding hydrogens is 242 g/mol. The van der Waals surface area contributed by atoms with Gasteiger partial charge in [-0.05, 0) is 6.07 Å². The van der Waals surface area contributed by atoms with Crippen molar-refractivity contribution in [3.05, 3.63) is 41.7 Å². The molecule has 0 bridgehead atoms. The normalized spacial score (nSPS) is 23.5. The number of fused-ring (bicyclic) bond motifs is 5. The number of hydrogen-bond acceptors (Lipinski definition) is 4. The highest BCUT2D eigenvalue weighted by Gasteiger charge is 2.55. The summed E-state index contributed by atoms with van der Waals surface area (Å²) in [4.78, 5) is 13.5. The Balaban J connectivity index is 2.06. The Bertz CT molecular complexity index is 743. The molecule has 92 valence electrons. The van der Waals surface area contributed by atoms with E-state index in [2.05, 4.69) is 16.4 Å². The van der Waals surface area contributed by atoms with E-state index in [0.29, 0.717) is 6.54 Å². The van der Waals surface area contributed by atoms with Gasteiger partial charge in [0.05, 0.1) is 36.6 Å². The second-order valence-corrected chi connectivity index (χ2v) is 4.78. The molecule has 1 aromatic heterocycles. The molecule has 3 heterocycles. The number of benzene rings is 1. The van der Waals surface area contributed by atoms with Gasteiger partial charge in [0.25, 0.3) is 0 Å². The third kappa shape index (κ3) is 1.07. The fourth-order valence-corrected chi connectivity index (χ4v) is 2.89. The zero-order valence-electron chi connectivity index (χ0n) is 9.95. The van der Waals surface area contributed by atoms with Crippen molar-refractivity contribution in [2.24, 2.45) is 0 Å². The molecule has 0 spiro atoms. The first kappa shape index (κ1) is 10.3. The highest BCUT2D eigenvalue weighted by atomic mass is 16.2. The lowest BCUT2D eigenvalue weighted by atomic mass is 9.78. The van der Waals surface area contributed by atoms with Crippen LogP contribution < -0.4 is 0 Å². The first-order valence-electron chi connectivity index (χ1n) is 5.97. The van der Waals surface area contributed by atoms with Gasteiger partial charge in [-0.3, -0.25) is 4.79 Å². The lowest BCUT2D eigenvalue weighted by Crippen LogP contribution is -2.59. The monoisotopic (exact) mass is 251 g/mol.